The molecule has 2 aliphatic heterocycles. The van der Waals surface area contributed by atoms with Crippen molar-refractivity contribution >= 4 is 45.7 Å². The molecule has 0 bridgehead atoms. The molecule has 1 amide bonds. The van der Waals surface area contributed by atoms with Crippen LogP contribution in [0.3, 0.4) is 0 Å². The number of anilines is 1. The number of hydrogen-bond donors (Lipinski definition) is 1. The maximum absolute atomic E-state index is 14.2. The molecule has 3 heterocycles. The number of aromatic nitrogens is 2. The van der Waals surface area contributed by atoms with Crippen molar-refractivity contribution in [3.8, 4) is 11.5 Å². The molecule has 220 valence electrons. The minimum Gasteiger partial charge on any atom is -0.507 e. The highest BCUT2D eigenvalue weighted by Gasteiger charge is 2.48. The van der Waals surface area contributed by atoms with Crippen LogP contribution in [0.2, 0.25) is 0 Å². The number of ether oxygens (including phenoxy) is 2. The minimum absolute atomic E-state index is 0.00619. The van der Waals surface area contributed by atoms with Crippen LogP contribution >= 0.6 is 23.1 Å². The van der Waals surface area contributed by atoms with E-state index in [1.165, 1.54) is 22.7 Å². The highest BCUT2D eigenvalue weighted by molar-refractivity contribution is 8.00. The fraction of sp³-hybridized carbons (Fsp3) is 0.250. The first-order chi connectivity index (χ1) is 20.8. The third-order valence-corrected chi connectivity index (χ3v) is 9.28. The molecule has 1 N–H and O–H groups in total. The molecule has 0 aliphatic carbocycles. The number of carbonyl (C=O) groups is 2. The Labute approximate surface area is 256 Å². The van der Waals surface area contributed by atoms with Crippen molar-refractivity contribution in [2.75, 3.05) is 11.5 Å². The van der Waals surface area contributed by atoms with Crippen LogP contribution in [0.1, 0.15) is 48.6 Å². The molecule has 2 aliphatic rings. The smallest absolute Gasteiger partial charge is 0.301 e. The van der Waals surface area contributed by atoms with Gasteiger partial charge in [-0.2, -0.15) is 0 Å². The Bertz CT molecular complexity index is 1740. The van der Waals surface area contributed by atoms with E-state index in [4.69, 9.17) is 9.47 Å². The van der Waals surface area contributed by atoms with Gasteiger partial charge >= 0.3 is 5.91 Å². The number of fused-ring (bicyclic) bond motifs is 1. The summed E-state index contributed by atoms with van der Waals surface area (Å²) in [6.45, 7) is 4.46. The van der Waals surface area contributed by atoms with E-state index in [0.29, 0.717) is 45.6 Å². The molecule has 43 heavy (non-hydrogen) atoms. The second-order valence-electron chi connectivity index (χ2n) is 10.3. The molecule has 1 aromatic heterocycles. The summed E-state index contributed by atoms with van der Waals surface area (Å²) in [6, 6.07) is 17.9. The van der Waals surface area contributed by atoms with Crippen LogP contribution in [0.4, 0.5) is 9.52 Å². The van der Waals surface area contributed by atoms with Crippen LogP contribution < -0.4 is 14.4 Å². The van der Waals surface area contributed by atoms with Gasteiger partial charge < -0.3 is 14.6 Å². The quantitative estimate of drug-likeness (QED) is 0.0727. The predicted molar refractivity (Wildman–Crippen MR) is 163 cm³/mol. The molecule has 11 heteroatoms. The lowest BCUT2D eigenvalue weighted by Crippen LogP contribution is -2.29. The average molecular weight is 618 g/mol. The van der Waals surface area contributed by atoms with Gasteiger partial charge in [-0.3, -0.25) is 14.5 Å². The Balaban J connectivity index is 1.40. The Hall–Kier alpha value is -4.22. The van der Waals surface area contributed by atoms with Crippen LogP contribution in [0.25, 0.3) is 5.76 Å². The zero-order valence-corrected chi connectivity index (χ0v) is 25.1. The van der Waals surface area contributed by atoms with E-state index in [-0.39, 0.29) is 28.4 Å². The van der Waals surface area contributed by atoms with Crippen molar-refractivity contribution in [2.45, 2.75) is 48.9 Å². The minimum atomic E-state index is -0.981. The van der Waals surface area contributed by atoms with Crippen LogP contribution in [0, 0.1) is 5.82 Å². The van der Waals surface area contributed by atoms with Gasteiger partial charge in [-0.05, 0) is 66.4 Å². The largest absolute Gasteiger partial charge is 0.507 e. The molecule has 6 rings (SSSR count). The molecule has 0 radical (unpaired) electrons. The molecular formula is C32H28FN3O5S2. The first kappa shape index (κ1) is 28.9. The van der Waals surface area contributed by atoms with Crippen LogP contribution in [0.15, 0.2) is 76.6 Å². The number of Topliss-reactive ketones (excluding diaryl/α,β-unsaturated/α-hetero) is 1. The van der Waals surface area contributed by atoms with Crippen molar-refractivity contribution in [3.63, 3.8) is 0 Å². The zero-order valence-electron chi connectivity index (χ0n) is 23.5. The summed E-state index contributed by atoms with van der Waals surface area (Å²) in [4.78, 5) is 28.5. The van der Waals surface area contributed by atoms with Gasteiger partial charge in [0, 0.05) is 17.7 Å². The van der Waals surface area contributed by atoms with E-state index in [9.17, 15) is 19.1 Å². The van der Waals surface area contributed by atoms with Gasteiger partial charge in [-0.1, -0.05) is 60.4 Å². The molecule has 4 aromatic rings. The van der Waals surface area contributed by atoms with Crippen molar-refractivity contribution in [1.82, 2.24) is 10.2 Å². The first-order valence-electron chi connectivity index (χ1n) is 13.9. The maximum Gasteiger partial charge on any atom is 0.301 e. The summed E-state index contributed by atoms with van der Waals surface area (Å²) in [5.74, 6) is -0.631. The van der Waals surface area contributed by atoms with E-state index < -0.39 is 17.7 Å². The number of benzene rings is 3. The number of carbonyl (C=O) groups excluding carboxylic acids is 2. The van der Waals surface area contributed by atoms with Crippen molar-refractivity contribution in [1.29, 1.82) is 0 Å². The molecule has 1 saturated heterocycles. The number of rotatable bonds is 9. The summed E-state index contributed by atoms with van der Waals surface area (Å²) in [6.07, 6.45) is 1.48. The number of thioether (sulfide) groups is 1. The number of amides is 1. The highest BCUT2D eigenvalue weighted by atomic mass is 32.2. The third-order valence-electron chi connectivity index (χ3n) is 7.17. The lowest BCUT2D eigenvalue weighted by atomic mass is 9.94. The lowest BCUT2D eigenvalue weighted by Gasteiger charge is -2.23. The van der Waals surface area contributed by atoms with Gasteiger partial charge in [-0.25, -0.2) is 4.39 Å². The topological polar surface area (TPSA) is 102 Å². The summed E-state index contributed by atoms with van der Waals surface area (Å²) in [5.41, 5.74) is 2.36. The molecule has 0 unspecified atom stereocenters. The number of halogens is 1. The van der Waals surface area contributed by atoms with E-state index >= 15 is 0 Å². The standard InChI is InChI=1S/C32H28FN3O5S2/c1-3-13-40-23-9-6-8-19(16-23)27-26(28(37)20-11-12-25-22(15-20)14-18(2)41-25)29(38)30(39)36(27)31-34-35-32(43-31)42-17-21-7-4-5-10-24(21)33/h4-12,15-16,18,27,37H,3,13-14,17H2,1-2H3/b28-26+/t18-,27-/m1/s1. The van der Waals surface area contributed by atoms with Gasteiger partial charge in [0.2, 0.25) is 5.13 Å². The summed E-state index contributed by atoms with van der Waals surface area (Å²) in [5, 5.41) is 20.2. The van der Waals surface area contributed by atoms with Gasteiger partial charge in [0.25, 0.3) is 5.78 Å². The molecule has 2 atom stereocenters. The second kappa shape index (κ2) is 12.2. The van der Waals surface area contributed by atoms with Crippen molar-refractivity contribution in [3.05, 3.63) is 100 Å². The molecule has 0 spiro atoms. The number of aliphatic hydroxyl groups is 1. The molecule has 0 saturated carbocycles. The number of ketones is 1. The van der Waals surface area contributed by atoms with E-state index in [1.807, 2.05) is 13.8 Å². The molecule has 3 aromatic carbocycles. The van der Waals surface area contributed by atoms with Gasteiger partial charge in [-0.15, -0.1) is 10.2 Å². The van der Waals surface area contributed by atoms with Crippen LogP contribution in [-0.2, 0) is 21.8 Å². The van der Waals surface area contributed by atoms with Gasteiger partial charge in [0.05, 0.1) is 18.2 Å². The van der Waals surface area contributed by atoms with Crippen molar-refractivity contribution < 1.29 is 28.6 Å². The Morgan fingerprint density at radius 3 is 2.79 bits per heavy atom. The predicted octanol–water partition coefficient (Wildman–Crippen LogP) is 6.71. The van der Waals surface area contributed by atoms with Gasteiger partial charge in [0.1, 0.15) is 29.2 Å². The number of nitrogens with zero attached hydrogens (tertiary/aromatic N) is 3. The summed E-state index contributed by atoms with van der Waals surface area (Å²) in [7, 11) is 0. The van der Waals surface area contributed by atoms with Crippen LogP contribution in [0.5, 0.6) is 11.5 Å². The fourth-order valence-corrected chi connectivity index (χ4v) is 7.03. The van der Waals surface area contributed by atoms with E-state index in [1.54, 1.807) is 60.7 Å². The monoisotopic (exact) mass is 617 g/mol. The molecule has 1 fully saturated rings. The second-order valence-corrected chi connectivity index (χ2v) is 12.5. The first-order valence-corrected chi connectivity index (χ1v) is 15.7. The summed E-state index contributed by atoms with van der Waals surface area (Å²) < 4.78 is 26.3. The van der Waals surface area contributed by atoms with Crippen LogP contribution in [-0.4, -0.2) is 39.7 Å². The zero-order chi connectivity index (χ0) is 30.1. The SMILES string of the molecule is CCCOc1cccc([C@@H]2/C(=C(\O)c3ccc4c(c3)C[C@@H](C)O4)C(=O)C(=O)N2c2nnc(SCc3ccccc3F)s2)c1. The number of aliphatic hydroxyl groups excluding tert-OH is 1. The van der Waals surface area contributed by atoms with Gasteiger partial charge in [0.15, 0.2) is 4.34 Å². The van der Waals surface area contributed by atoms with E-state index in [0.717, 1.165) is 29.1 Å². The number of hydrogen-bond acceptors (Lipinski definition) is 9. The highest BCUT2D eigenvalue weighted by Crippen LogP contribution is 2.45. The molecule has 8 nitrogen and oxygen atoms in total. The van der Waals surface area contributed by atoms with Crippen molar-refractivity contribution in [2.24, 2.45) is 0 Å². The lowest BCUT2D eigenvalue weighted by molar-refractivity contribution is -0.132. The maximum atomic E-state index is 14.2. The Morgan fingerprint density at radius 1 is 1.14 bits per heavy atom. The molecular weight excluding hydrogens is 590 g/mol. The Morgan fingerprint density at radius 2 is 1.98 bits per heavy atom. The fourth-order valence-electron chi connectivity index (χ4n) is 5.18. The normalized spacial score (nSPS) is 19.0. The van der Waals surface area contributed by atoms with E-state index in [2.05, 4.69) is 10.2 Å². The average Bonchev–Trinajstić information content (AvgIpc) is 3.70. The third kappa shape index (κ3) is 5.74. The Kier molecular flexibility index (Phi) is 8.18. The summed E-state index contributed by atoms with van der Waals surface area (Å²) >= 11 is 2.40.